The highest BCUT2D eigenvalue weighted by molar-refractivity contribution is 9.09. The van der Waals surface area contributed by atoms with Gasteiger partial charge in [0.05, 0.1) is 5.02 Å². The molecule has 1 amide bonds. The van der Waals surface area contributed by atoms with Crippen LogP contribution < -0.4 is 5.32 Å². The molecule has 0 saturated carbocycles. The summed E-state index contributed by atoms with van der Waals surface area (Å²) in [7, 11) is 0. The lowest BCUT2D eigenvalue weighted by Crippen LogP contribution is -2.32. The number of carbonyl (C=O) groups is 2. The van der Waals surface area contributed by atoms with Crippen molar-refractivity contribution in [2.75, 3.05) is 5.33 Å². The largest absolute Gasteiger partial charge is 0.501 e. The molecule has 5 nitrogen and oxygen atoms in total. The van der Waals surface area contributed by atoms with Crippen LogP contribution in [0.2, 0.25) is 5.02 Å². The molecular formula is C15H14BrClFNO4. The minimum absolute atomic E-state index is 0.0134. The van der Waals surface area contributed by atoms with Crippen LogP contribution in [0.5, 0.6) is 0 Å². The van der Waals surface area contributed by atoms with Gasteiger partial charge in [0.2, 0.25) is 23.2 Å². The Labute approximate surface area is 145 Å². The number of alkyl halides is 1. The second-order valence-electron chi connectivity index (χ2n) is 5.11. The molecule has 23 heavy (non-hydrogen) atoms. The molecule has 0 bridgehead atoms. The van der Waals surface area contributed by atoms with Gasteiger partial charge in [-0.2, -0.15) is 0 Å². The van der Waals surface area contributed by atoms with E-state index in [0.717, 1.165) is 12.1 Å². The quantitative estimate of drug-likeness (QED) is 0.736. The molecule has 0 fully saturated rings. The molecule has 2 N–H and O–H groups in total. The Kier molecular flexibility index (Phi) is 5.31. The van der Waals surface area contributed by atoms with E-state index in [1.807, 2.05) is 0 Å². The zero-order valence-corrected chi connectivity index (χ0v) is 14.5. The third-order valence-electron chi connectivity index (χ3n) is 3.41. The summed E-state index contributed by atoms with van der Waals surface area (Å²) in [4.78, 5) is 24.1. The summed E-state index contributed by atoms with van der Waals surface area (Å²) in [6, 6.07) is 3.48. The second kappa shape index (κ2) is 6.88. The number of ketones is 1. The van der Waals surface area contributed by atoms with Gasteiger partial charge in [-0.3, -0.25) is 14.9 Å². The first kappa shape index (κ1) is 17.7. The monoisotopic (exact) mass is 405 g/mol. The van der Waals surface area contributed by atoms with Gasteiger partial charge in [-0.15, -0.1) is 0 Å². The van der Waals surface area contributed by atoms with Crippen LogP contribution in [0.15, 0.2) is 29.8 Å². The van der Waals surface area contributed by atoms with Crippen LogP contribution in [0, 0.1) is 5.82 Å². The topological polar surface area (TPSA) is 75.6 Å². The number of carbonyl (C=O) groups excluding carboxylic acids is 2. The molecule has 0 saturated heterocycles. The maximum atomic E-state index is 13.2. The van der Waals surface area contributed by atoms with E-state index in [-0.39, 0.29) is 22.9 Å². The number of ether oxygens (including phenoxy) is 1. The molecule has 0 aromatic heterocycles. The first-order valence-electron chi connectivity index (χ1n) is 6.78. The standard InChI is InChI=1S/C15H14BrClFNO4/c1-15(9-5-4-8(18)7-10(9)17)13(22)12(21)14(23-15)19-11(20)3-2-6-16/h4-5,7,21H,2-3,6H2,1H3,(H,19,20). The normalized spacial score (nSPS) is 20.6. The van der Waals surface area contributed by atoms with Crippen molar-refractivity contribution in [3.05, 3.63) is 46.2 Å². The predicted octanol–water partition coefficient (Wildman–Crippen LogP) is 3.31. The first-order chi connectivity index (χ1) is 10.8. The van der Waals surface area contributed by atoms with E-state index in [4.69, 9.17) is 16.3 Å². The number of Topliss-reactive ketones (excluding diaryl/α,β-unsaturated/α-hetero) is 1. The maximum absolute atomic E-state index is 13.2. The fourth-order valence-electron chi connectivity index (χ4n) is 2.18. The van der Waals surface area contributed by atoms with Gasteiger partial charge in [0, 0.05) is 17.3 Å². The van der Waals surface area contributed by atoms with Gasteiger partial charge in [-0.25, -0.2) is 4.39 Å². The highest BCUT2D eigenvalue weighted by atomic mass is 79.9. The Morgan fingerprint density at radius 2 is 2.22 bits per heavy atom. The molecule has 1 aromatic carbocycles. The molecule has 1 unspecified atom stereocenters. The smallest absolute Gasteiger partial charge is 0.250 e. The maximum Gasteiger partial charge on any atom is 0.250 e. The second-order valence-corrected chi connectivity index (χ2v) is 6.31. The van der Waals surface area contributed by atoms with Gasteiger partial charge in [0.15, 0.2) is 0 Å². The molecule has 1 heterocycles. The minimum atomic E-state index is -1.63. The van der Waals surface area contributed by atoms with Crippen molar-refractivity contribution in [3.63, 3.8) is 0 Å². The van der Waals surface area contributed by atoms with Crippen LogP contribution in [0.25, 0.3) is 0 Å². The van der Waals surface area contributed by atoms with Crippen molar-refractivity contribution >= 4 is 39.2 Å². The molecule has 1 atom stereocenters. The van der Waals surface area contributed by atoms with E-state index in [2.05, 4.69) is 21.2 Å². The van der Waals surface area contributed by atoms with Crippen LogP contribution in [0.1, 0.15) is 25.3 Å². The zero-order valence-electron chi connectivity index (χ0n) is 12.2. The van der Waals surface area contributed by atoms with E-state index in [1.54, 1.807) is 0 Å². The highest BCUT2D eigenvalue weighted by Gasteiger charge is 2.49. The predicted molar refractivity (Wildman–Crippen MR) is 85.7 cm³/mol. The van der Waals surface area contributed by atoms with E-state index in [9.17, 15) is 19.1 Å². The molecule has 1 aliphatic rings. The number of aliphatic hydroxyl groups is 1. The summed E-state index contributed by atoms with van der Waals surface area (Å²) in [5.41, 5.74) is -1.44. The van der Waals surface area contributed by atoms with Gasteiger partial charge in [0.25, 0.3) is 5.78 Å². The van der Waals surface area contributed by atoms with Gasteiger partial charge in [-0.05, 0) is 25.5 Å². The van der Waals surface area contributed by atoms with E-state index in [1.165, 1.54) is 13.0 Å². The highest BCUT2D eigenvalue weighted by Crippen LogP contribution is 2.40. The van der Waals surface area contributed by atoms with E-state index < -0.39 is 28.9 Å². The van der Waals surface area contributed by atoms with Crippen LogP contribution in [0.3, 0.4) is 0 Å². The van der Waals surface area contributed by atoms with Crippen molar-refractivity contribution in [1.29, 1.82) is 0 Å². The Morgan fingerprint density at radius 1 is 1.52 bits per heavy atom. The van der Waals surface area contributed by atoms with Gasteiger partial charge < -0.3 is 9.84 Å². The van der Waals surface area contributed by atoms with Crippen LogP contribution in [-0.4, -0.2) is 22.1 Å². The minimum Gasteiger partial charge on any atom is -0.501 e. The van der Waals surface area contributed by atoms with Crippen LogP contribution in [-0.2, 0) is 19.9 Å². The molecule has 0 aliphatic carbocycles. The first-order valence-corrected chi connectivity index (χ1v) is 8.28. The molecule has 2 rings (SSSR count). The summed E-state index contributed by atoms with van der Waals surface area (Å²) < 4.78 is 18.6. The number of rotatable bonds is 5. The van der Waals surface area contributed by atoms with Crippen LogP contribution in [0.4, 0.5) is 4.39 Å². The number of hydrogen-bond acceptors (Lipinski definition) is 4. The van der Waals surface area contributed by atoms with Gasteiger partial charge in [-0.1, -0.05) is 33.6 Å². The van der Waals surface area contributed by atoms with Crippen molar-refractivity contribution in [2.45, 2.75) is 25.4 Å². The summed E-state index contributed by atoms with van der Waals surface area (Å²) in [6.45, 7) is 1.39. The van der Waals surface area contributed by atoms with Gasteiger partial charge >= 0.3 is 0 Å². The molecule has 1 aromatic rings. The number of benzene rings is 1. The lowest BCUT2D eigenvalue weighted by molar-refractivity contribution is -0.133. The molecule has 0 radical (unpaired) electrons. The van der Waals surface area contributed by atoms with Crippen LogP contribution >= 0.6 is 27.5 Å². The van der Waals surface area contributed by atoms with Crippen molar-refractivity contribution < 1.29 is 23.8 Å². The lowest BCUT2D eigenvalue weighted by Gasteiger charge is -2.24. The molecule has 8 heteroatoms. The summed E-state index contributed by atoms with van der Waals surface area (Å²) in [6.07, 6.45) is 0.794. The van der Waals surface area contributed by atoms with Gasteiger partial charge in [0.1, 0.15) is 5.82 Å². The van der Waals surface area contributed by atoms with Crippen molar-refractivity contribution in [3.8, 4) is 0 Å². The number of halogens is 3. The Hall–Kier alpha value is -1.60. The zero-order chi connectivity index (χ0) is 17.2. The van der Waals surface area contributed by atoms with E-state index in [0.29, 0.717) is 11.8 Å². The van der Waals surface area contributed by atoms with E-state index >= 15 is 0 Å². The lowest BCUT2D eigenvalue weighted by atomic mass is 9.91. The van der Waals surface area contributed by atoms with Crippen molar-refractivity contribution in [2.24, 2.45) is 0 Å². The molecule has 0 spiro atoms. The van der Waals surface area contributed by atoms with Crippen molar-refractivity contribution in [1.82, 2.24) is 5.32 Å². The number of aliphatic hydroxyl groups excluding tert-OH is 1. The Morgan fingerprint density at radius 3 is 2.83 bits per heavy atom. The third kappa shape index (κ3) is 3.50. The Balaban J connectivity index is 2.25. The summed E-state index contributed by atoms with van der Waals surface area (Å²) in [5, 5.41) is 12.9. The number of amides is 1. The Bertz CT molecular complexity index is 694. The fourth-order valence-corrected chi connectivity index (χ4v) is 2.81. The SMILES string of the molecule is CC1(c2ccc(F)cc2Cl)OC(NC(=O)CCCBr)=C(O)C1=O. The third-order valence-corrected chi connectivity index (χ3v) is 4.28. The average Bonchev–Trinajstić information content (AvgIpc) is 2.70. The molecular weight excluding hydrogens is 393 g/mol. The molecule has 1 aliphatic heterocycles. The average molecular weight is 407 g/mol. The number of hydrogen-bond donors (Lipinski definition) is 2. The summed E-state index contributed by atoms with van der Waals surface area (Å²) >= 11 is 9.17. The summed E-state index contributed by atoms with van der Waals surface area (Å²) in [5.74, 6) is -2.74. The molecule has 124 valence electrons. The number of nitrogens with one attached hydrogen (secondary N) is 1. The fraction of sp³-hybridized carbons (Fsp3) is 0.333.